The molecule has 44 heavy (non-hydrogen) atoms. The molecule has 238 valence electrons. The van der Waals surface area contributed by atoms with Crippen LogP contribution in [0.3, 0.4) is 0 Å². The molecule has 2 aromatic carbocycles. The maximum Gasteiger partial charge on any atom is 0.459 e. The zero-order chi connectivity index (χ0) is 32.2. The lowest BCUT2D eigenvalue weighted by Crippen LogP contribution is -2.43. The molecule has 6 unspecified atom stereocenters. The molecule has 4 rings (SSSR count). The highest BCUT2D eigenvalue weighted by atomic mass is 31.2. The van der Waals surface area contributed by atoms with Crippen LogP contribution in [0.2, 0.25) is 0 Å². The number of H-pyrrole nitrogens is 1. The summed E-state index contributed by atoms with van der Waals surface area (Å²) >= 11 is 0. The highest BCUT2D eigenvalue weighted by Crippen LogP contribution is 2.47. The lowest BCUT2D eigenvalue weighted by molar-refractivity contribution is -0.149. The number of hydrogen-bond acceptors (Lipinski definition) is 10. The van der Waals surface area contributed by atoms with Crippen molar-refractivity contribution in [2.24, 2.45) is 0 Å². The lowest BCUT2D eigenvalue weighted by Gasteiger charge is -2.25. The number of aromatic nitrogens is 2. The van der Waals surface area contributed by atoms with Crippen LogP contribution in [-0.4, -0.2) is 64.4 Å². The standard InChI is InChI=1S/C29H35FN3O10P/c1-17(2)41-26(36)18(3)32-44(38,43-22-12-8-20(9-13-22)19-6-10-21(39-5)11-7-19)40-16-23-25(35)29(4,30)27(42-23)33-15-14-24(34)31-28(33)37/h6-15,17-18,23,25,27,35H,16H2,1-5H3,(H,32,38)(H,31,34,37). The quantitative estimate of drug-likeness (QED) is 0.197. The fourth-order valence-electron chi connectivity index (χ4n) is 4.48. The first-order valence-electron chi connectivity index (χ1n) is 13.7. The van der Waals surface area contributed by atoms with Crippen LogP contribution in [0.25, 0.3) is 11.1 Å². The van der Waals surface area contributed by atoms with Crippen molar-refractivity contribution in [3.8, 4) is 22.6 Å². The highest BCUT2D eigenvalue weighted by Gasteiger charge is 2.56. The van der Waals surface area contributed by atoms with Gasteiger partial charge in [-0.1, -0.05) is 24.3 Å². The first kappa shape index (κ1) is 33.1. The molecule has 3 aromatic rings. The number of carbonyl (C=O) groups excluding carboxylic acids is 1. The van der Waals surface area contributed by atoms with Crippen LogP contribution in [0.15, 0.2) is 70.4 Å². The van der Waals surface area contributed by atoms with Crippen molar-refractivity contribution in [3.63, 3.8) is 0 Å². The summed E-state index contributed by atoms with van der Waals surface area (Å²) in [7, 11) is -2.85. The van der Waals surface area contributed by atoms with E-state index >= 15 is 4.39 Å². The Morgan fingerprint density at radius 2 is 1.68 bits per heavy atom. The molecule has 1 fully saturated rings. The van der Waals surface area contributed by atoms with Gasteiger partial charge >= 0.3 is 19.4 Å². The summed E-state index contributed by atoms with van der Waals surface area (Å²) in [6.07, 6.45) is -4.33. The van der Waals surface area contributed by atoms with E-state index in [-0.39, 0.29) is 5.75 Å². The number of aliphatic hydroxyl groups is 1. The molecule has 1 aliphatic heterocycles. The van der Waals surface area contributed by atoms with E-state index in [4.69, 9.17) is 23.3 Å². The molecule has 0 bridgehead atoms. The molecule has 13 nitrogen and oxygen atoms in total. The fraction of sp³-hybridized carbons (Fsp3) is 0.414. The van der Waals surface area contributed by atoms with Gasteiger partial charge in [-0.3, -0.25) is 23.7 Å². The van der Waals surface area contributed by atoms with E-state index in [9.17, 15) is 24.1 Å². The second kappa shape index (κ2) is 13.4. The predicted octanol–water partition coefficient (Wildman–Crippen LogP) is 3.33. The number of methoxy groups -OCH3 is 1. The molecule has 0 amide bonds. The lowest BCUT2D eigenvalue weighted by atomic mass is 9.98. The Morgan fingerprint density at radius 1 is 1.09 bits per heavy atom. The molecule has 1 saturated heterocycles. The third-order valence-electron chi connectivity index (χ3n) is 6.79. The predicted molar refractivity (Wildman–Crippen MR) is 157 cm³/mol. The maximum absolute atomic E-state index is 15.6. The van der Waals surface area contributed by atoms with Gasteiger partial charge in [-0.15, -0.1) is 0 Å². The molecule has 6 atom stereocenters. The fourth-order valence-corrected chi connectivity index (χ4v) is 5.98. The van der Waals surface area contributed by atoms with Gasteiger partial charge in [-0.2, -0.15) is 5.09 Å². The number of aliphatic hydroxyl groups excluding tert-OH is 1. The van der Waals surface area contributed by atoms with Crippen LogP contribution in [0.4, 0.5) is 4.39 Å². The molecule has 0 saturated carbocycles. The van der Waals surface area contributed by atoms with Gasteiger partial charge in [0.15, 0.2) is 11.9 Å². The monoisotopic (exact) mass is 635 g/mol. The summed E-state index contributed by atoms with van der Waals surface area (Å²) in [5.74, 6) is 0.0844. The zero-order valence-corrected chi connectivity index (χ0v) is 25.7. The van der Waals surface area contributed by atoms with Crippen molar-refractivity contribution in [2.45, 2.75) is 63.9 Å². The number of aromatic amines is 1. The van der Waals surface area contributed by atoms with Gasteiger partial charge in [0.2, 0.25) is 0 Å². The second-order valence-electron chi connectivity index (χ2n) is 10.6. The average Bonchev–Trinajstić information content (AvgIpc) is 3.19. The Hall–Kier alpha value is -3.81. The SMILES string of the molecule is COc1ccc(-c2ccc(OP(=O)(NC(C)C(=O)OC(C)C)OCC3OC(n4ccc(=O)[nH]c4=O)C(C)(F)C3O)cc2)cc1. The molecule has 0 spiro atoms. The highest BCUT2D eigenvalue weighted by molar-refractivity contribution is 7.52. The van der Waals surface area contributed by atoms with Crippen LogP contribution in [-0.2, 0) is 23.4 Å². The zero-order valence-electron chi connectivity index (χ0n) is 24.8. The van der Waals surface area contributed by atoms with E-state index in [0.29, 0.717) is 5.75 Å². The first-order chi connectivity index (χ1) is 20.7. The molecule has 3 N–H and O–H groups in total. The Balaban J connectivity index is 1.54. The number of hydrogen-bond donors (Lipinski definition) is 3. The number of benzene rings is 2. The molecule has 15 heteroatoms. The normalized spacial score (nSPS) is 23.6. The largest absolute Gasteiger partial charge is 0.497 e. The summed E-state index contributed by atoms with van der Waals surface area (Å²) in [6, 6.07) is 13.7. The summed E-state index contributed by atoms with van der Waals surface area (Å²) in [5, 5.41) is 13.2. The smallest absolute Gasteiger partial charge is 0.459 e. The van der Waals surface area contributed by atoms with Crippen LogP contribution in [0.1, 0.15) is 33.9 Å². The number of carbonyl (C=O) groups is 1. The Morgan fingerprint density at radius 3 is 2.23 bits per heavy atom. The number of nitrogens with one attached hydrogen (secondary N) is 2. The van der Waals surface area contributed by atoms with Gasteiger partial charge in [0.1, 0.15) is 29.7 Å². The first-order valence-corrected chi connectivity index (χ1v) is 15.3. The van der Waals surface area contributed by atoms with Crippen molar-refractivity contribution < 1.29 is 42.1 Å². The van der Waals surface area contributed by atoms with Gasteiger partial charge in [0.05, 0.1) is 19.8 Å². The van der Waals surface area contributed by atoms with E-state index in [1.807, 2.05) is 29.2 Å². The third kappa shape index (κ3) is 7.63. The number of esters is 1. The van der Waals surface area contributed by atoms with Crippen molar-refractivity contribution in [2.75, 3.05) is 13.7 Å². The van der Waals surface area contributed by atoms with Crippen LogP contribution >= 0.6 is 7.75 Å². The number of rotatable bonds is 12. The van der Waals surface area contributed by atoms with Gasteiger partial charge in [0, 0.05) is 12.3 Å². The van der Waals surface area contributed by atoms with E-state index in [1.54, 1.807) is 45.2 Å². The molecule has 0 aliphatic carbocycles. The van der Waals surface area contributed by atoms with E-state index < -0.39 is 67.8 Å². The van der Waals surface area contributed by atoms with Gasteiger partial charge in [-0.05, 0) is 63.1 Å². The Bertz CT molecular complexity index is 1610. The van der Waals surface area contributed by atoms with E-state index in [1.165, 1.54) is 6.92 Å². The van der Waals surface area contributed by atoms with Crippen LogP contribution in [0, 0.1) is 0 Å². The number of ether oxygens (including phenoxy) is 3. The molecule has 0 radical (unpaired) electrons. The minimum atomic E-state index is -4.42. The van der Waals surface area contributed by atoms with Crippen molar-refractivity contribution in [3.05, 3.63) is 81.6 Å². The maximum atomic E-state index is 15.6. The van der Waals surface area contributed by atoms with Crippen molar-refractivity contribution >= 4 is 13.7 Å². The molecule has 2 heterocycles. The molecule has 1 aliphatic rings. The Labute approximate surface area is 252 Å². The number of halogens is 1. The summed E-state index contributed by atoms with van der Waals surface area (Å²) < 4.78 is 57.7. The Kier molecular flexibility index (Phi) is 10.1. The topological polar surface area (TPSA) is 167 Å². The van der Waals surface area contributed by atoms with Gasteiger partial charge in [0.25, 0.3) is 5.56 Å². The molecule has 1 aromatic heterocycles. The molecular weight excluding hydrogens is 600 g/mol. The van der Waals surface area contributed by atoms with E-state index in [2.05, 4.69) is 5.09 Å². The average molecular weight is 636 g/mol. The van der Waals surface area contributed by atoms with Gasteiger partial charge < -0.3 is 23.8 Å². The minimum Gasteiger partial charge on any atom is -0.497 e. The van der Waals surface area contributed by atoms with Crippen molar-refractivity contribution in [1.82, 2.24) is 14.6 Å². The van der Waals surface area contributed by atoms with Crippen molar-refractivity contribution in [1.29, 1.82) is 0 Å². The van der Waals surface area contributed by atoms with Gasteiger partial charge in [-0.25, -0.2) is 13.8 Å². The minimum absolute atomic E-state index is 0.114. The number of alkyl halides is 1. The van der Waals surface area contributed by atoms with Crippen LogP contribution in [0.5, 0.6) is 11.5 Å². The summed E-state index contributed by atoms with van der Waals surface area (Å²) in [6.45, 7) is 5.05. The van der Waals surface area contributed by atoms with Crippen LogP contribution < -0.4 is 25.6 Å². The number of nitrogens with zero attached hydrogens (tertiary/aromatic N) is 1. The summed E-state index contributed by atoms with van der Waals surface area (Å²) in [4.78, 5) is 38.2. The van der Waals surface area contributed by atoms with E-state index in [0.717, 1.165) is 34.9 Å². The third-order valence-corrected chi connectivity index (χ3v) is 8.43. The second-order valence-corrected chi connectivity index (χ2v) is 12.3. The summed E-state index contributed by atoms with van der Waals surface area (Å²) in [5.41, 5.74) is -2.45. The molecular formula is C29H35FN3O10P.